The maximum atomic E-state index is 5.41. The second-order valence-electron chi connectivity index (χ2n) is 4.88. The van der Waals surface area contributed by atoms with Crippen LogP contribution in [-0.2, 0) is 4.74 Å². The molecule has 0 bridgehead atoms. The average Bonchev–Trinajstić information content (AvgIpc) is 2.35. The van der Waals surface area contributed by atoms with Gasteiger partial charge in [0.05, 0.1) is 0 Å². The molecule has 0 aliphatic carbocycles. The lowest BCUT2D eigenvalue weighted by atomic mass is 9.92. The predicted octanol–water partition coefficient (Wildman–Crippen LogP) is 3.14. The second kappa shape index (κ2) is 7.86. The summed E-state index contributed by atoms with van der Waals surface area (Å²) in [5.74, 6) is 0.798. The summed E-state index contributed by atoms with van der Waals surface area (Å²) < 4.78 is 5.41. The van der Waals surface area contributed by atoms with Gasteiger partial charge < -0.3 is 10.1 Å². The zero-order valence-corrected chi connectivity index (χ0v) is 10.9. The molecule has 1 saturated heterocycles. The van der Waals surface area contributed by atoms with Gasteiger partial charge in [-0.15, -0.1) is 6.58 Å². The molecular weight excluding hydrogens is 198 g/mol. The summed E-state index contributed by atoms with van der Waals surface area (Å²) in [5, 5.41) is 3.77. The lowest BCUT2D eigenvalue weighted by Gasteiger charge is -2.31. The van der Waals surface area contributed by atoms with E-state index in [1.165, 1.54) is 25.7 Å². The van der Waals surface area contributed by atoms with Crippen molar-refractivity contribution in [2.24, 2.45) is 5.92 Å². The fourth-order valence-corrected chi connectivity index (χ4v) is 2.45. The average molecular weight is 225 g/mol. The van der Waals surface area contributed by atoms with Gasteiger partial charge in [0.25, 0.3) is 0 Å². The highest BCUT2D eigenvalue weighted by atomic mass is 16.5. The van der Waals surface area contributed by atoms with E-state index >= 15 is 0 Å². The van der Waals surface area contributed by atoms with Crippen LogP contribution in [-0.4, -0.2) is 25.3 Å². The van der Waals surface area contributed by atoms with Gasteiger partial charge in [-0.3, -0.25) is 0 Å². The van der Waals surface area contributed by atoms with Crippen molar-refractivity contribution in [2.45, 2.75) is 58.0 Å². The van der Waals surface area contributed by atoms with Gasteiger partial charge in [-0.1, -0.05) is 13.0 Å². The van der Waals surface area contributed by atoms with Gasteiger partial charge in [-0.05, 0) is 44.9 Å². The molecule has 0 aromatic heterocycles. The Bertz CT molecular complexity index is 187. The molecule has 94 valence electrons. The molecule has 2 nitrogen and oxygen atoms in total. The van der Waals surface area contributed by atoms with E-state index in [0.717, 1.165) is 25.6 Å². The Morgan fingerprint density at radius 3 is 2.69 bits per heavy atom. The molecule has 2 unspecified atom stereocenters. The SMILES string of the molecule is C=CCCC(CC)NC(C)C1CCOCC1. The predicted molar refractivity (Wildman–Crippen MR) is 69.7 cm³/mol. The van der Waals surface area contributed by atoms with Crippen LogP contribution in [0.1, 0.15) is 46.0 Å². The van der Waals surface area contributed by atoms with Crippen LogP contribution in [0.15, 0.2) is 12.7 Å². The van der Waals surface area contributed by atoms with E-state index in [1.54, 1.807) is 0 Å². The lowest BCUT2D eigenvalue weighted by Crippen LogP contribution is -2.42. The van der Waals surface area contributed by atoms with Crippen LogP contribution in [0.5, 0.6) is 0 Å². The van der Waals surface area contributed by atoms with E-state index in [4.69, 9.17) is 4.74 Å². The zero-order chi connectivity index (χ0) is 11.8. The third-order valence-corrected chi connectivity index (χ3v) is 3.68. The van der Waals surface area contributed by atoms with Crippen LogP contribution in [0.25, 0.3) is 0 Å². The van der Waals surface area contributed by atoms with Crippen molar-refractivity contribution in [1.82, 2.24) is 5.32 Å². The number of ether oxygens (including phenoxy) is 1. The minimum Gasteiger partial charge on any atom is -0.381 e. The van der Waals surface area contributed by atoms with Crippen LogP contribution >= 0.6 is 0 Å². The molecule has 0 amide bonds. The van der Waals surface area contributed by atoms with E-state index in [0.29, 0.717) is 12.1 Å². The van der Waals surface area contributed by atoms with Crippen molar-refractivity contribution in [3.63, 3.8) is 0 Å². The van der Waals surface area contributed by atoms with Gasteiger partial charge in [-0.25, -0.2) is 0 Å². The van der Waals surface area contributed by atoms with E-state index in [-0.39, 0.29) is 0 Å². The quantitative estimate of drug-likeness (QED) is 0.672. The molecule has 0 aromatic carbocycles. The van der Waals surface area contributed by atoms with Crippen LogP contribution in [0.3, 0.4) is 0 Å². The minimum atomic E-state index is 0.624. The first-order valence-electron chi connectivity index (χ1n) is 6.72. The standard InChI is InChI=1S/C14H27NO/c1-4-6-7-14(5-2)15-12(3)13-8-10-16-11-9-13/h4,12-15H,1,5-11H2,2-3H3. The van der Waals surface area contributed by atoms with Crippen LogP contribution in [0.2, 0.25) is 0 Å². The minimum absolute atomic E-state index is 0.624. The third-order valence-electron chi connectivity index (χ3n) is 3.68. The van der Waals surface area contributed by atoms with Gasteiger partial charge >= 0.3 is 0 Å². The number of nitrogens with one attached hydrogen (secondary N) is 1. The first-order chi connectivity index (χ1) is 7.77. The van der Waals surface area contributed by atoms with Gasteiger partial charge in [0.2, 0.25) is 0 Å². The maximum Gasteiger partial charge on any atom is 0.0469 e. The highest BCUT2D eigenvalue weighted by molar-refractivity contribution is 4.80. The first-order valence-corrected chi connectivity index (χ1v) is 6.72. The van der Waals surface area contributed by atoms with E-state index in [9.17, 15) is 0 Å². The molecule has 0 saturated carbocycles. The van der Waals surface area contributed by atoms with Gasteiger partial charge in [0.15, 0.2) is 0 Å². The monoisotopic (exact) mass is 225 g/mol. The highest BCUT2D eigenvalue weighted by Crippen LogP contribution is 2.19. The fourth-order valence-electron chi connectivity index (χ4n) is 2.45. The van der Waals surface area contributed by atoms with Gasteiger partial charge in [-0.2, -0.15) is 0 Å². The Morgan fingerprint density at radius 1 is 1.44 bits per heavy atom. The fraction of sp³-hybridized carbons (Fsp3) is 0.857. The molecule has 1 heterocycles. The maximum absolute atomic E-state index is 5.41. The molecule has 0 aromatic rings. The summed E-state index contributed by atoms with van der Waals surface area (Å²) in [4.78, 5) is 0. The summed E-state index contributed by atoms with van der Waals surface area (Å²) in [6.07, 6.45) is 7.99. The topological polar surface area (TPSA) is 21.3 Å². The van der Waals surface area contributed by atoms with Crippen LogP contribution in [0.4, 0.5) is 0 Å². The van der Waals surface area contributed by atoms with Crippen molar-refractivity contribution in [3.8, 4) is 0 Å². The van der Waals surface area contributed by atoms with Crippen molar-refractivity contribution in [2.75, 3.05) is 13.2 Å². The molecule has 0 spiro atoms. The summed E-state index contributed by atoms with van der Waals surface area (Å²) >= 11 is 0. The lowest BCUT2D eigenvalue weighted by molar-refractivity contribution is 0.0542. The number of allylic oxidation sites excluding steroid dienone is 1. The third kappa shape index (κ3) is 4.67. The molecule has 1 rings (SSSR count). The van der Waals surface area contributed by atoms with Crippen LogP contribution in [0, 0.1) is 5.92 Å². The molecule has 2 atom stereocenters. The van der Waals surface area contributed by atoms with E-state index < -0.39 is 0 Å². The molecule has 1 aliphatic heterocycles. The Labute approximate surface area is 100 Å². The normalized spacial score (nSPS) is 21.6. The zero-order valence-electron chi connectivity index (χ0n) is 10.9. The second-order valence-corrected chi connectivity index (χ2v) is 4.88. The van der Waals surface area contributed by atoms with Crippen molar-refractivity contribution in [1.29, 1.82) is 0 Å². The van der Waals surface area contributed by atoms with Crippen molar-refractivity contribution < 1.29 is 4.74 Å². The molecule has 1 fully saturated rings. The molecule has 1 N–H and O–H groups in total. The van der Waals surface area contributed by atoms with Crippen molar-refractivity contribution >= 4 is 0 Å². The number of hydrogen-bond acceptors (Lipinski definition) is 2. The van der Waals surface area contributed by atoms with Gasteiger partial charge in [0, 0.05) is 25.3 Å². The van der Waals surface area contributed by atoms with Gasteiger partial charge in [0.1, 0.15) is 0 Å². The van der Waals surface area contributed by atoms with E-state index in [1.807, 2.05) is 6.08 Å². The molecule has 16 heavy (non-hydrogen) atoms. The van der Waals surface area contributed by atoms with E-state index in [2.05, 4.69) is 25.7 Å². The Balaban J connectivity index is 2.28. The van der Waals surface area contributed by atoms with Crippen molar-refractivity contribution in [3.05, 3.63) is 12.7 Å². The number of hydrogen-bond donors (Lipinski definition) is 1. The summed E-state index contributed by atoms with van der Waals surface area (Å²) in [6.45, 7) is 10.3. The largest absolute Gasteiger partial charge is 0.381 e. The number of rotatable bonds is 7. The molecule has 2 heteroatoms. The Hall–Kier alpha value is -0.340. The first kappa shape index (κ1) is 13.7. The smallest absolute Gasteiger partial charge is 0.0469 e. The summed E-state index contributed by atoms with van der Waals surface area (Å²) in [6, 6.07) is 1.27. The Kier molecular flexibility index (Phi) is 6.74. The molecule has 1 aliphatic rings. The summed E-state index contributed by atoms with van der Waals surface area (Å²) in [7, 11) is 0. The Morgan fingerprint density at radius 2 is 2.12 bits per heavy atom. The highest BCUT2D eigenvalue weighted by Gasteiger charge is 2.21. The van der Waals surface area contributed by atoms with Crippen LogP contribution < -0.4 is 5.32 Å². The summed E-state index contributed by atoms with van der Waals surface area (Å²) in [5.41, 5.74) is 0. The molecular formula is C14H27NO. The molecule has 0 radical (unpaired) electrons.